The Balaban J connectivity index is 2.17. The molecule has 0 aliphatic carbocycles. The number of aliphatic hydroxyl groups is 1. The first kappa shape index (κ1) is 12.9. The van der Waals surface area contributed by atoms with Crippen LogP contribution in [0.3, 0.4) is 0 Å². The van der Waals surface area contributed by atoms with E-state index in [0.717, 1.165) is 20.3 Å². The zero-order valence-electron chi connectivity index (χ0n) is 9.28. The Hall–Kier alpha value is -0.540. The largest absolute Gasteiger partial charge is 0.388 e. The van der Waals surface area contributed by atoms with Gasteiger partial charge in [-0.2, -0.15) is 0 Å². The van der Waals surface area contributed by atoms with Crippen LogP contribution in [0.2, 0.25) is 9.36 Å². The van der Waals surface area contributed by atoms with Crippen LogP contribution in [0, 0.1) is 6.92 Å². The Morgan fingerprint density at radius 1 is 1.24 bits per heavy atom. The quantitative estimate of drug-likeness (QED) is 0.872. The lowest BCUT2D eigenvalue weighted by atomic mass is 10.0. The van der Waals surface area contributed by atoms with Crippen molar-refractivity contribution in [1.82, 2.24) is 0 Å². The second-order valence-corrected chi connectivity index (χ2v) is 6.16. The summed E-state index contributed by atoms with van der Waals surface area (Å²) in [7, 11) is 0. The maximum absolute atomic E-state index is 10.2. The van der Waals surface area contributed by atoms with Gasteiger partial charge in [0.05, 0.1) is 10.4 Å². The molecular weight excluding hydrogens is 275 g/mol. The van der Waals surface area contributed by atoms with Crippen molar-refractivity contribution in [2.24, 2.45) is 0 Å². The third-order valence-corrected chi connectivity index (χ3v) is 4.10. The monoisotopic (exact) mass is 286 g/mol. The molecule has 1 N–H and O–H groups in total. The number of benzene rings is 1. The van der Waals surface area contributed by atoms with Gasteiger partial charge < -0.3 is 5.11 Å². The molecule has 0 fully saturated rings. The molecule has 1 heterocycles. The number of aryl methyl sites for hydroxylation is 1. The fourth-order valence-corrected chi connectivity index (χ4v) is 3.13. The molecule has 1 aromatic heterocycles. The molecule has 0 radical (unpaired) electrons. The van der Waals surface area contributed by atoms with E-state index in [9.17, 15) is 5.11 Å². The van der Waals surface area contributed by atoms with Crippen LogP contribution in [0.4, 0.5) is 0 Å². The van der Waals surface area contributed by atoms with Crippen LogP contribution in [0.1, 0.15) is 22.1 Å². The van der Waals surface area contributed by atoms with Crippen LogP contribution in [0.5, 0.6) is 0 Å². The van der Waals surface area contributed by atoms with Gasteiger partial charge in [-0.25, -0.2) is 0 Å². The third kappa shape index (κ3) is 3.23. The van der Waals surface area contributed by atoms with E-state index >= 15 is 0 Å². The van der Waals surface area contributed by atoms with Crippen molar-refractivity contribution in [1.29, 1.82) is 0 Å². The number of halogens is 2. The van der Waals surface area contributed by atoms with Gasteiger partial charge in [-0.05, 0) is 42.3 Å². The van der Waals surface area contributed by atoms with E-state index in [1.54, 1.807) is 6.07 Å². The molecule has 2 rings (SSSR count). The highest BCUT2D eigenvalue weighted by Crippen LogP contribution is 2.28. The molecular formula is C13H12Cl2OS. The fourth-order valence-electron chi connectivity index (χ4n) is 1.77. The Bertz CT molecular complexity index is 522. The van der Waals surface area contributed by atoms with E-state index in [-0.39, 0.29) is 0 Å². The molecule has 0 amide bonds. The van der Waals surface area contributed by atoms with Gasteiger partial charge in [0.2, 0.25) is 0 Å². The minimum Gasteiger partial charge on any atom is -0.388 e. The number of thiophene rings is 1. The van der Waals surface area contributed by atoms with Crippen molar-refractivity contribution in [2.75, 3.05) is 0 Å². The van der Waals surface area contributed by atoms with E-state index in [4.69, 9.17) is 23.2 Å². The average Bonchev–Trinajstić information content (AvgIpc) is 2.63. The summed E-state index contributed by atoms with van der Waals surface area (Å²) < 4.78 is 0.750. The first-order valence-electron chi connectivity index (χ1n) is 5.24. The van der Waals surface area contributed by atoms with Gasteiger partial charge in [-0.1, -0.05) is 29.3 Å². The van der Waals surface area contributed by atoms with Crippen LogP contribution >= 0.6 is 34.5 Å². The summed E-state index contributed by atoms with van der Waals surface area (Å²) in [6.45, 7) is 1.95. The van der Waals surface area contributed by atoms with E-state index in [1.165, 1.54) is 11.3 Å². The zero-order chi connectivity index (χ0) is 12.4. The molecule has 1 atom stereocenters. The van der Waals surface area contributed by atoms with Crippen molar-refractivity contribution in [3.63, 3.8) is 0 Å². The molecule has 4 heteroatoms. The highest BCUT2D eigenvalue weighted by Gasteiger charge is 2.12. The molecule has 1 aromatic carbocycles. The predicted molar refractivity (Wildman–Crippen MR) is 74.2 cm³/mol. The minimum absolute atomic E-state index is 0.512. The third-order valence-electron chi connectivity index (χ3n) is 2.61. The van der Waals surface area contributed by atoms with Gasteiger partial charge in [0.15, 0.2) is 0 Å². The van der Waals surface area contributed by atoms with Crippen molar-refractivity contribution < 1.29 is 5.11 Å². The number of rotatable bonds is 3. The molecule has 90 valence electrons. The first-order chi connectivity index (χ1) is 8.06. The lowest BCUT2D eigenvalue weighted by molar-refractivity contribution is 0.178. The van der Waals surface area contributed by atoms with Crippen LogP contribution in [-0.4, -0.2) is 5.11 Å². The van der Waals surface area contributed by atoms with E-state index in [1.807, 2.05) is 31.2 Å². The van der Waals surface area contributed by atoms with Crippen LogP contribution in [0.25, 0.3) is 0 Å². The van der Waals surface area contributed by atoms with Crippen molar-refractivity contribution in [2.45, 2.75) is 19.4 Å². The molecule has 17 heavy (non-hydrogen) atoms. The van der Waals surface area contributed by atoms with Gasteiger partial charge in [-0.3, -0.25) is 0 Å². The number of aliphatic hydroxyl groups excluding tert-OH is 1. The maximum Gasteiger partial charge on any atom is 0.0931 e. The van der Waals surface area contributed by atoms with E-state index in [2.05, 4.69) is 0 Å². The topological polar surface area (TPSA) is 20.2 Å². The molecule has 0 saturated heterocycles. The molecule has 1 unspecified atom stereocenters. The predicted octanol–water partition coefficient (Wildman–Crippen LogP) is 4.64. The lowest BCUT2D eigenvalue weighted by Crippen LogP contribution is -2.02. The van der Waals surface area contributed by atoms with Crippen molar-refractivity contribution in [3.05, 3.63) is 55.7 Å². The van der Waals surface area contributed by atoms with Gasteiger partial charge in [0.1, 0.15) is 0 Å². The molecule has 0 saturated carbocycles. The Labute approximate surface area is 115 Å². The molecule has 1 nitrogen and oxygen atoms in total. The highest BCUT2D eigenvalue weighted by atomic mass is 35.5. The number of hydrogen-bond acceptors (Lipinski definition) is 2. The lowest BCUT2D eigenvalue weighted by Gasteiger charge is -2.13. The second-order valence-electron chi connectivity index (χ2n) is 3.93. The summed E-state index contributed by atoms with van der Waals surface area (Å²) in [5.74, 6) is 0. The number of hydrogen-bond donors (Lipinski definition) is 1. The first-order valence-corrected chi connectivity index (χ1v) is 6.82. The Morgan fingerprint density at radius 3 is 2.59 bits per heavy atom. The van der Waals surface area contributed by atoms with Crippen LogP contribution in [0.15, 0.2) is 30.3 Å². The molecule has 0 aliphatic heterocycles. The highest BCUT2D eigenvalue weighted by molar-refractivity contribution is 7.16. The van der Waals surface area contributed by atoms with Gasteiger partial charge >= 0.3 is 0 Å². The Kier molecular flexibility index (Phi) is 4.10. The summed E-state index contributed by atoms with van der Waals surface area (Å²) in [5, 5.41) is 10.9. The average molecular weight is 287 g/mol. The molecule has 0 bridgehead atoms. The van der Waals surface area contributed by atoms with Crippen LogP contribution in [-0.2, 0) is 6.42 Å². The molecule has 0 spiro atoms. The van der Waals surface area contributed by atoms with E-state index in [0.29, 0.717) is 11.4 Å². The minimum atomic E-state index is -0.512. The normalized spacial score (nSPS) is 12.7. The zero-order valence-corrected chi connectivity index (χ0v) is 11.6. The van der Waals surface area contributed by atoms with Crippen molar-refractivity contribution in [3.8, 4) is 0 Å². The Morgan fingerprint density at radius 2 is 2.00 bits per heavy atom. The summed E-state index contributed by atoms with van der Waals surface area (Å²) in [6.07, 6.45) is 0.0711. The maximum atomic E-state index is 10.2. The van der Waals surface area contributed by atoms with Gasteiger partial charge in [0, 0.05) is 16.3 Å². The van der Waals surface area contributed by atoms with E-state index < -0.39 is 6.10 Å². The standard InChI is InChI=1S/C13H12Cl2OS/c1-8-6-9(14)2-4-11(8)12(16)7-10-3-5-13(15)17-10/h2-6,12,16H,7H2,1H3. The van der Waals surface area contributed by atoms with Crippen molar-refractivity contribution >= 4 is 34.5 Å². The van der Waals surface area contributed by atoms with Crippen LogP contribution < -0.4 is 0 Å². The summed E-state index contributed by atoms with van der Waals surface area (Å²) in [5.41, 5.74) is 1.92. The summed E-state index contributed by atoms with van der Waals surface area (Å²) in [4.78, 5) is 1.08. The second kappa shape index (κ2) is 5.40. The van der Waals surface area contributed by atoms with Gasteiger partial charge in [-0.15, -0.1) is 11.3 Å². The summed E-state index contributed by atoms with van der Waals surface area (Å²) >= 11 is 13.2. The smallest absolute Gasteiger partial charge is 0.0931 e. The molecule has 2 aromatic rings. The summed E-state index contributed by atoms with van der Waals surface area (Å²) in [6, 6.07) is 9.33. The van der Waals surface area contributed by atoms with Gasteiger partial charge in [0.25, 0.3) is 0 Å². The molecule has 0 aliphatic rings. The fraction of sp³-hybridized carbons (Fsp3) is 0.231. The SMILES string of the molecule is Cc1cc(Cl)ccc1C(O)Cc1ccc(Cl)s1.